The van der Waals surface area contributed by atoms with E-state index in [0.717, 1.165) is 12.1 Å². The second kappa shape index (κ2) is 7.06. The molecule has 0 saturated carbocycles. The molecule has 1 aromatic carbocycles. The zero-order valence-electron chi connectivity index (χ0n) is 14.1. The van der Waals surface area contributed by atoms with Crippen molar-refractivity contribution in [2.45, 2.75) is 58.6 Å². The van der Waals surface area contributed by atoms with Crippen LogP contribution in [0.4, 0.5) is 13.6 Å². The zero-order valence-corrected chi connectivity index (χ0v) is 14.1. The van der Waals surface area contributed by atoms with Crippen LogP contribution >= 0.6 is 0 Å². The number of hydrogen-bond donors (Lipinski definition) is 1. The van der Waals surface area contributed by atoms with Gasteiger partial charge in [-0.25, -0.2) is 13.6 Å². The Balaban J connectivity index is 2.59. The fraction of sp³-hybridized carbons (Fsp3) is 0.529. The number of Topliss-reactive ketones (excluding diaryl/α,β-unsaturated/α-hetero) is 1. The van der Waals surface area contributed by atoms with Gasteiger partial charge in [0.2, 0.25) is 0 Å². The number of halogens is 2. The Hall–Kier alpha value is -1.98. The molecule has 0 aromatic heterocycles. The van der Waals surface area contributed by atoms with Crippen molar-refractivity contribution in [3.8, 4) is 0 Å². The summed E-state index contributed by atoms with van der Waals surface area (Å²) in [5, 5.41) is 2.69. The number of carbonyl (C=O) groups excluding carboxylic acids is 2. The van der Waals surface area contributed by atoms with Gasteiger partial charge < -0.3 is 10.1 Å². The molecule has 23 heavy (non-hydrogen) atoms. The molecule has 1 rings (SSSR count). The van der Waals surface area contributed by atoms with Gasteiger partial charge in [-0.05, 0) is 59.2 Å². The highest BCUT2D eigenvalue weighted by molar-refractivity contribution is 5.96. The van der Waals surface area contributed by atoms with E-state index in [9.17, 15) is 18.4 Å². The van der Waals surface area contributed by atoms with Crippen LogP contribution in [0.25, 0.3) is 0 Å². The number of nitrogens with one attached hydrogen (secondary N) is 1. The quantitative estimate of drug-likeness (QED) is 0.823. The van der Waals surface area contributed by atoms with Crippen molar-refractivity contribution in [3.05, 3.63) is 35.4 Å². The van der Waals surface area contributed by atoms with E-state index in [4.69, 9.17) is 4.74 Å². The molecule has 0 bridgehead atoms. The molecule has 128 valence electrons. The van der Waals surface area contributed by atoms with Crippen LogP contribution in [0.1, 0.15) is 57.8 Å². The normalized spacial score (nSPS) is 12.0. The summed E-state index contributed by atoms with van der Waals surface area (Å²) >= 11 is 0. The van der Waals surface area contributed by atoms with E-state index < -0.39 is 28.9 Å². The van der Waals surface area contributed by atoms with E-state index in [-0.39, 0.29) is 17.8 Å². The molecule has 0 radical (unpaired) electrons. The van der Waals surface area contributed by atoms with Crippen LogP contribution in [0.15, 0.2) is 18.2 Å². The Bertz CT molecular complexity index is 592. The minimum Gasteiger partial charge on any atom is -0.444 e. The maximum atomic E-state index is 13.1. The number of alkyl carbamates (subject to hydrolysis) is 1. The topological polar surface area (TPSA) is 55.4 Å². The van der Waals surface area contributed by atoms with Crippen molar-refractivity contribution in [2.24, 2.45) is 0 Å². The summed E-state index contributed by atoms with van der Waals surface area (Å²) in [6, 6.07) is 3.05. The lowest BCUT2D eigenvalue weighted by Gasteiger charge is -2.28. The van der Waals surface area contributed by atoms with Gasteiger partial charge in [0.15, 0.2) is 17.4 Å². The zero-order chi connectivity index (χ0) is 17.8. The minimum atomic E-state index is -1.05. The van der Waals surface area contributed by atoms with Gasteiger partial charge in [0.1, 0.15) is 5.60 Å². The molecule has 0 unspecified atom stereocenters. The lowest BCUT2D eigenvalue weighted by Crippen LogP contribution is -2.46. The van der Waals surface area contributed by atoms with Gasteiger partial charge in [-0.15, -0.1) is 0 Å². The van der Waals surface area contributed by atoms with Crippen LogP contribution in [0.5, 0.6) is 0 Å². The fourth-order valence-electron chi connectivity index (χ4n) is 1.88. The number of amides is 1. The summed E-state index contributed by atoms with van der Waals surface area (Å²) in [5.41, 5.74) is -1.17. The number of carbonyl (C=O) groups is 2. The van der Waals surface area contributed by atoms with Crippen molar-refractivity contribution in [2.75, 3.05) is 0 Å². The SMILES string of the molecule is CC(C)(CCC(=O)c1ccc(F)c(F)c1)NC(=O)OC(C)(C)C. The van der Waals surface area contributed by atoms with Gasteiger partial charge in [-0.3, -0.25) is 4.79 Å². The number of benzene rings is 1. The van der Waals surface area contributed by atoms with E-state index in [2.05, 4.69) is 5.32 Å². The van der Waals surface area contributed by atoms with Gasteiger partial charge >= 0.3 is 6.09 Å². The summed E-state index contributed by atoms with van der Waals surface area (Å²) in [5.74, 6) is -2.36. The average molecular weight is 327 g/mol. The molecule has 0 spiro atoms. The smallest absolute Gasteiger partial charge is 0.408 e. The van der Waals surface area contributed by atoms with Crippen LogP contribution in [-0.4, -0.2) is 23.0 Å². The molecule has 6 heteroatoms. The first-order chi connectivity index (χ1) is 10.4. The predicted octanol–water partition coefficient (Wildman–Crippen LogP) is 4.23. The lowest BCUT2D eigenvalue weighted by atomic mass is 9.95. The van der Waals surface area contributed by atoms with E-state index in [0.29, 0.717) is 6.42 Å². The molecule has 0 aliphatic heterocycles. The van der Waals surface area contributed by atoms with Crippen molar-refractivity contribution in [3.63, 3.8) is 0 Å². The molecule has 1 aromatic rings. The Morgan fingerprint density at radius 2 is 1.70 bits per heavy atom. The number of rotatable bonds is 5. The van der Waals surface area contributed by atoms with Gasteiger partial charge in [0, 0.05) is 17.5 Å². The van der Waals surface area contributed by atoms with Gasteiger partial charge in [0.05, 0.1) is 0 Å². The monoisotopic (exact) mass is 327 g/mol. The van der Waals surface area contributed by atoms with Gasteiger partial charge in [-0.1, -0.05) is 0 Å². The third-order valence-electron chi connectivity index (χ3n) is 3.06. The van der Waals surface area contributed by atoms with Gasteiger partial charge in [-0.2, -0.15) is 0 Å². The average Bonchev–Trinajstić information content (AvgIpc) is 2.36. The van der Waals surface area contributed by atoms with Crippen LogP contribution < -0.4 is 5.32 Å². The first-order valence-corrected chi connectivity index (χ1v) is 7.39. The Morgan fingerprint density at radius 3 is 2.22 bits per heavy atom. The molecule has 0 saturated heterocycles. The third-order valence-corrected chi connectivity index (χ3v) is 3.06. The molecule has 1 amide bonds. The molecule has 0 aliphatic carbocycles. The molecule has 4 nitrogen and oxygen atoms in total. The van der Waals surface area contributed by atoms with Crippen LogP contribution in [0, 0.1) is 11.6 Å². The molecular weight excluding hydrogens is 304 g/mol. The predicted molar refractivity (Wildman–Crippen MR) is 83.4 cm³/mol. The highest BCUT2D eigenvalue weighted by Crippen LogP contribution is 2.17. The van der Waals surface area contributed by atoms with Crippen molar-refractivity contribution >= 4 is 11.9 Å². The van der Waals surface area contributed by atoms with Crippen LogP contribution in [0.3, 0.4) is 0 Å². The summed E-state index contributed by atoms with van der Waals surface area (Å²) in [4.78, 5) is 23.8. The molecule has 0 aliphatic rings. The summed E-state index contributed by atoms with van der Waals surface area (Å²) in [6.45, 7) is 8.79. The maximum Gasteiger partial charge on any atom is 0.408 e. The van der Waals surface area contributed by atoms with Crippen molar-refractivity contribution < 1.29 is 23.1 Å². The van der Waals surface area contributed by atoms with Gasteiger partial charge in [0.25, 0.3) is 0 Å². The third kappa shape index (κ3) is 6.76. The van der Waals surface area contributed by atoms with Crippen LogP contribution in [0.2, 0.25) is 0 Å². The molecule has 0 atom stereocenters. The highest BCUT2D eigenvalue weighted by atomic mass is 19.2. The second-order valence-electron chi connectivity index (χ2n) is 7.06. The fourth-order valence-corrected chi connectivity index (χ4v) is 1.88. The Labute approximate surface area is 135 Å². The summed E-state index contributed by atoms with van der Waals surface area (Å²) in [7, 11) is 0. The minimum absolute atomic E-state index is 0.0911. The van der Waals surface area contributed by atoms with Crippen molar-refractivity contribution in [1.82, 2.24) is 5.32 Å². The van der Waals surface area contributed by atoms with E-state index in [1.165, 1.54) is 6.07 Å². The molecular formula is C17H23F2NO3. The van der Waals surface area contributed by atoms with Crippen molar-refractivity contribution in [1.29, 1.82) is 0 Å². The first kappa shape index (κ1) is 19.1. The lowest BCUT2D eigenvalue weighted by molar-refractivity contribution is 0.0464. The Morgan fingerprint density at radius 1 is 1.09 bits per heavy atom. The summed E-state index contributed by atoms with van der Waals surface area (Å²) in [6.07, 6.45) is -0.138. The van der Waals surface area contributed by atoms with E-state index >= 15 is 0 Å². The number of ketones is 1. The van der Waals surface area contributed by atoms with E-state index in [1.807, 2.05) is 0 Å². The Kier molecular flexibility index (Phi) is 5.86. The number of hydrogen-bond acceptors (Lipinski definition) is 3. The van der Waals surface area contributed by atoms with Crippen LogP contribution in [-0.2, 0) is 4.74 Å². The highest BCUT2D eigenvalue weighted by Gasteiger charge is 2.25. The molecule has 0 fully saturated rings. The molecule has 0 heterocycles. The number of ether oxygens (including phenoxy) is 1. The van der Waals surface area contributed by atoms with E-state index in [1.54, 1.807) is 34.6 Å². The summed E-state index contributed by atoms with van der Waals surface area (Å²) < 4.78 is 31.2. The first-order valence-electron chi connectivity index (χ1n) is 7.39. The standard InChI is InChI=1S/C17H23F2NO3/c1-16(2,3)23-15(22)20-17(4,5)9-8-14(21)11-6-7-12(18)13(19)10-11/h6-7,10H,8-9H2,1-5H3,(H,20,22). The molecule has 1 N–H and O–H groups in total. The second-order valence-corrected chi connectivity index (χ2v) is 7.06. The maximum absolute atomic E-state index is 13.1. The largest absolute Gasteiger partial charge is 0.444 e.